The molecule has 0 radical (unpaired) electrons. The van der Waals surface area contributed by atoms with Crippen LogP contribution in [-0.4, -0.2) is 55.3 Å². The van der Waals surface area contributed by atoms with E-state index in [1.807, 2.05) is 0 Å². The minimum Gasteiger partial charge on any atom is -0.393 e. The fraction of sp³-hybridized carbons (Fsp3) is 0.846. The normalized spacial score (nSPS) is 19.1. The van der Waals surface area contributed by atoms with Crippen LogP contribution in [0.4, 0.5) is 0 Å². The minimum absolute atomic E-state index is 0.0563. The number of nitrogens with two attached hydrogens (primary N) is 1. The lowest BCUT2D eigenvalue weighted by Crippen LogP contribution is -2.31. The molecular weight excluding hydrogens is 264 g/mol. The highest BCUT2D eigenvalue weighted by atomic mass is 32.1. The Labute approximate surface area is 120 Å². The summed E-state index contributed by atoms with van der Waals surface area (Å²) in [5.74, 6) is 0.0563. The Balaban J connectivity index is 2.04. The molecule has 1 atom stereocenters. The van der Waals surface area contributed by atoms with Crippen molar-refractivity contribution in [1.29, 1.82) is 0 Å². The Morgan fingerprint density at radius 1 is 1.47 bits per heavy atom. The summed E-state index contributed by atoms with van der Waals surface area (Å²) >= 11 is 4.78. The van der Waals surface area contributed by atoms with Crippen LogP contribution < -0.4 is 5.73 Å². The maximum absolute atomic E-state index is 11.7. The zero-order valence-electron chi connectivity index (χ0n) is 11.6. The van der Waals surface area contributed by atoms with Crippen molar-refractivity contribution in [2.24, 2.45) is 5.73 Å². The topological polar surface area (TPSA) is 64.8 Å². The predicted molar refractivity (Wildman–Crippen MR) is 78.1 cm³/mol. The molecule has 0 saturated carbocycles. The van der Waals surface area contributed by atoms with Crippen LogP contribution in [0.3, 0.4) is 0 Å². The summed E-state index contributed by atoms with van der Waals surface area (Å²) in [4.78, 5) is 13.8. The van der Waals surface area contributed by atoms with Crippen LogP contribution >= 0.6 is 12.2 Å². The molecule has 1 aliphatic rings. The molecule has 1 amide bonds. The van der Waals surface area contributed by atoms with Crippen molar-refractivity contribution in [2.45, 2.75) is 38.2 Å². The lowest BCUT2D eigenvalue weighted by Gasteiger charge is -2.22. The molecule has 0 bridgehead atoms. The van der Waals surface area contributed by atoms with Crippen molar-refractivity contribution in [1.82, 2.24) is 4.90 Å². The SMILES string of the molecule is CN(CCC(N)=S)C(=O)CCOCC1CCCCO1. The van der Waals surface area contributed by atoms with Crippen molar-refractivity contribution in [3.63, 3.8) is 0 Å². The van der Waals surface area contributed by atoms with Crippen molar-refractivity contribution in [3.05, 3.63) is 0 Å². The second kappa shape index (κ2) is 9.23. The van der Waals surface area contributed by atoms with E-state index in [0.717, 1.165) is 19.4 Å². The largest absolute Gasteiger partial charge is 0.393 e. The molecule has 1 unspecified atom stereocenters. The zero-order valence-corrected chi connectivity index (χ0v) is 12.4. The fourth-order valence-corrected chi connectivity index (χ4v) is 2.00. The van der Waals surface area contributed by atoms with Gasteiger partial charge in [0.2, 0.25) is 5.91 Å². The van der Waals surface area contributed by atoms with Gasteiger partial charge in [-0.1, -0.05) is 12.2 Å². The van der Waals surface area contributed by atoms with Gasteiger partial charge in [-0.15, -0.1) is 0 Å². The highest BCUT2D eigenvalue weighted by molar-refractivity contribution is 7.80. The molecule has 0 aliphatic carbocycles. The van der Waals surface area contributed by atoms with Crippen molar-refractivity contribution in [3.8, 4) is 0 Å². The van der Waals surface area contributed by atoms with Gasteiger partial charge in [-0.2, -0.15) is 0 Å². The van der Waals surface area contributed by atoms with Gasteiger partial charge in [0.05, 0.1) is 30.7 Å². The maximum Gasteiger partial charge on any atom is 0.224 e. The van der Waals surface area contributed by atoms with Crippen molar-refractivity contribution < 1.29 is 14.3 Å². The Kier molecular flexibility index (Phi) is 7.93. The molecule has 1 aliphatic heterocycles. The van der Waals surface area contributed by atoms with E-state index in [4.69, 9.17) is 27.4 Å². The maximum atomic E-state index is 11.7. The summed E-state index contributed by atoms with van der Waals surface area (Å²) in [5, 5.41) is 0. The van der Waals surface area contributed by atoms with Gasteiger partial charge in [0, 0.05) is 26.6 Å². The smallest absolute Gasteiger partial charge is 0.224 e. The summed E-state index contributed by atoms with van der Waals surface area (Å²) in [6.07, 6.45) is 4.56. The lowest BCUT2D eigenvalue weighted by atomic mass is 10.1. The van der Waals surface area contributed by atoms with Gasteiger partial charge in [0.15, 0.2) is 0 Å². The zero-order chi connectivity index (χ0) is 14.1. The number of hydrogen-bond acceptors (Lipinski definition) is 4. The summed E-state index contributed by atoms with van der Waals surface area (Å²) in [6.45, 7) is 2.43. The molecule has 1 heterocycles. The van der Waals surface area contributed by atoms with Crippen LogP contribution in [0.25, 0.3) is 0 Å². The third kappa shape index (κ3) is 7.44. The van der Waals surface area contributed by atoms with E-state index in [-0.39, 0.29) is 12.0 Å². The first-order valence-electron chi connectivity index (χ1n) is 6.81. The first kappa shape index (κ1) is 16.3. The predicted octanol–water partition coefficient (Wildman–Crippen LogP) is 1.10. The highest BCUT2D eigenvalue weighted by Gasteiger charge is 2.14. The van der Waals surface area contributed by atoms with Gasteiger partial charge < -0.3 is 20.1 Å². The molecule has 19 heavy (non-hydrogen) atoms. The lowest BCUT2D eigenvalue weighted by molar-refractivity contribution is -0.131. The minimum atomic E-state index is 0.0563. The monoisotopic (exact) mass is 288 g/mol. The van der Waals surface area contributed by atoms with E-state index >= 15 is 0 Å². The number of ether oxygens (including phenoxy) is 2. The first-order valence-corrected chi connectivity index (χ1v) is 7.22. The molecule has 0 aromatic heterocycles. The molecule has 1 fully saturated rings. The van der Waals surface area contributed by atoms with Crippen LogP contribution in [0.2, 0.25) is 0 Å². The average Bonchev–Trinajstić information content (AvgIpc) is 2.41. The van der Waals surface area contributed by atoms with Crippen molar-refractivity contribution in [2.75, 3.05) is 33.4 Å². The molecular formula is C13H24N2O3S. The quantitative estimate of drug-likeness (QED) is 0.535. The fourth-order valence-electron chi connectivity index (χ4n) is 1.91. The van der Waals surface area contributed by atoms with Gasteiger partial charge >= 0.3 is 0 Å². The van der Waals surface area contributed by atoms with E-state index in [2.05, 4.69) is 0 Å². The number of carbonyl (C=O) groups is 1. The number of thiocarbonyl (C=S) groups is 1. The van der Waals surface area contributed by atoms with Crippen LogP contribution in [0, 0.1) is 0 Å². The summed E-state index contributed by atoms with van der Waals surface area (Å²) in [7, 11) is 1.75. The number of hydrogen-bond donors (Lipinski definition) is 1. The second-order valence-electron chi connectivity index (χ2n) is 4.85. The number of carbonyl (C=O) groups excluding carboxylic acids is 1. The van der Waals surface area contributed by atoms with Gasteiger partial charge in [0.1, 0.15) is 0 Å². The molecule has 110 valence electrons. The highest BCUT2D eigenvalue weighted by Crippen LogP contribution is 2.12. The molecule has 0 spiro atoms. The van der Waals surface area contributed by atoms with Gasteiger partial charge in [0.25, 0.3) is 0 Å². The van der Waals surface area contributed by atoms with Crippen LogP contribution in [0.5, 0.6) is 0 Å². The Morgan fingerprint density at radius 2 is 2.26 bits per heavy atom. The number of amides is 1. The molecule has 0 aromatic carbocycles. The second-order valence-corrected chi connectivity index (χ2v) is 5.37. The van der Waals surface area contributed by atoms with Gasteiger partial charge in [-0.25, -0.2) is 0 Å². The molecule has 5 nitrogen and oxygen atoms in total. The first-order chi connectivity index (χ1) is 9.09. The number of rotatable bonds is 8. The summed E-state index contributed by atoms with van der Waals surface area (Å²) in [6, 6.07) is 0. The van der Waals surface area contributed by atoms with Gasteiger partial charge in [-0.3, -0.25) is 4.79 Å². The summed E-state index contributed by atoms with van der Waals surface area (Å²) < 4.78 is 11.0. The Bertz CT molecular complexity index is 294. The third-order valence-corrected chi connectivity index (χ3v) is 3.36. The summed E-state index contributed by atoms with van der Waals surface area (Å²) in [5.41, 5.74) is 5.40. The standard InChI is InChI=1S/C13H24N2O3S/c1-15(7-5-12(14)19)13(16)6-9-17-10-11-4-2-3-8-18-11/h11H,2-10H2,1H3,(H2,14,19). The van der Waals surface area contributed by atoms with Gasteiger partial charge in [-0.05, 0) is 19.3 Å². The van der Waals surface area contributed by atoms with Crippen LogP contribution in [-0.2, 0) is 14.3 Å². The molecule has 6 heteroatoms. The molecule has 2 N–H and O–H groups in total. The van der Waals surface area contributed by atoms with Crippen LogP contribution in [0.1, 0.15) is 32.1 Å². The Morgan fingerprint density at radius 3 is 2.89 bits per heavy atom. The number of nitrogens with zero attached hydrogens (tertiary/aromatic N) is 1. The molecule has 1 rings (SSSR count). The van der Waals surface area contributed by atoms with E-state index in [1.54, 1.807) is 11.9 Å². The average molecular weight is 288 g/mol. The van der Waals surface area contributed by atoms with E-state index < -0.39 is 0 Å². The third-order valence-electron chi connectivity index (χ3n) is 3.16. The molecule has 0 aromatic rings. The Hall–Kier alpha value is -0.720. The van der Waals surface area contributed by atoms with E-state index in [0.29, 0.717) is 37.6 Å². The molecule has 1 saturated heterocycles. The van der Waals surface area contributed by atoms with Crippen LogP contribution in [0.15, 0.2) is 0 Å². The van der Waals surface area contributed by atoms with E-state index in [9.17, 15) is 4.79 Å². The van der Waals surface area contributed by atoms with Crippen molar-refractivity contribution >= 4 is 23.1 Å². The van der Waals surface area contributed by atoms with E-state index in [1.165, 1.54) is 6.42 Å².